The second-order valence-electron chi connectivity index (χ2n) is 6.36. The third-order valence-corrected chi connectivity index (χ3v) is 6.63. The highest BCUT2D eigenvalue weighted by molar-refractivity contribution is 8.00. The van der Waals surface area contributed by atoms with Gasteiger partial charge in [0.2, 0.25) is 5.12 Å². The summed E-state index contributed by atoms with van der Waals surface area (Å²) in [4.78, 5) is 57.9. The Bertz CT molecular complexity index is 1100. The summed E-state index contributed by atoms with van der Waals surface area (Å²) in [7, 11) is 1.13. The summed E-state index contributed by atoms with van der Waals surface area (Å²) < 4.78 is 37.3. The number of amides is 3. The number of hydrogen-bond acceptors (Lipinski definition) is 9. The van der Waals surface area contributed by atoms with E-state index >= 15 is 0 Å². The maximum absolute atomic E-state index is 12.8. The SMILES string of the molecule is C=CC1=C(C(=O)S)N2C(=O)C(NC(=O)C(=NOC)c3csc(NC(=O)C(F)(F)F)n3)[C@H]2SC1. The minimum absolute atomic E-state index is 0.0860. The van der Waals surface area contributed by atoms with Gasteiger partial charge in [-0.1, -0.05) is 30.4 Å². The van der Waals surface area contributed by atoms with Gasteiger partial charge in [-0.3, -0.25) is 29.4 Å². The van der Waals surface area contributed by atoms with Gasteiger partial charge < -0.3 is 10.2 Å². The van der Waals surface area contributed by atoms with Crippen LogP contribution in [0, 0.1) is 0 Å². The van der Waals surface area contributed by atoms with Crippen molar-refractivity contribution in [3.63, 3.8) is 0 Å². The number of aromatic nitrogens is 1. The van der Waals surface area contributed by atoms with Crippen molar-refractivity contribution in [3.8, 4) is 0 Å². The maximum atomic E-state index is 12.8. The molecule has 0 aliphatic carbocycles. The summed E-state index contributed by atoms with van der Waals surface area (Å²) in [6.07, 6.45) is -3.67. The lowest BCUT2D eigenvalue weighted by molar-refractivity contribution is -0.167. The van der Waals surface area contributed by atoms with E-state index in [-0.39, 0.29) is 11.4 Å². The molecule has 3 amide bonds. The van der Waals surface area contributed by atoms with Gasteiger partial charge in [0.25, 0.3) is 11.8 Å². The fourth-order valence-corrected chi connectivity index (χ4v) is 5.19. The number of thiazole rings is 1. The highest BCUT2D eigenvalue weighted by Gasteiger charge is 2.53. The molecule has 2 N–H and O–H groups in total. The second kappa shape index (κ2) is 9.56. The van der Waals surface area contributed by atoms with Gasteiger partial charge in [-0.2, -0.15) is 13.2 Å². The van der Waals surface area contributed by atoms with Gasteiger partial charge in [-0.05, 0) is 5.57 Å². The molecule has 3 rings (SSSR count). The van der Waals surface area contributed by atoms with Gasteiger partial charge in [-0.15, -0.1) is 23.1 Å². The monoisotopic (exact) mass is 521 g/mol. The van der Waals surface area contributed by atoms with E-state index in [2.05, 4.69) is 39.5 Å². The van der Waals surface area contributed by atoms with E-state index in [1.54, 1.807) is 5.32 Å². The van der Waals surface area contributed by atoms with Crippen molar-refractivity contribution in [1.29, 1.82) is 0 Å². The molecule has 1 fully saturated rings. The fourth-order valence-electron chi connectivity index (χ4n) is 2.91. The van der Waals surface area contributed by atoms with E-state index < -0.39 is 51.3 Å². The molecule has 2 aliphatic heterocycles. The van der Waals surface area contributed by atoms with Crippen molar-refractivity contribution in [2.75, 3.05) is 18.2 Å². The number of rotatable bonds is 7. The fraction of sp³-hybridized carbons (Fsp3) is 0.294. The van der Waals surface area contributed by atoms with E-state index in [0.29, 0.717) is 22.7 Å². The molecule has 0 spiro atoms. The van der Waals surface area contributed by atoms with Crippen LogP contribution in [0.15, 0.2) is 34.5 Å². The number of anilines is 1. The molecule has 0 bridgehead atoms. The maximum Gasteiger partial charge on any atom is 0.471 e. The number of allylic oxidation sites excluding steroid dienone is 1. The molecule has 0 radical (unpaired) electrons. The molecule has 2 aliphatic rings. The van der Waals surface area contributed by atoms with E-state index in [9.17, 15) is 32.3 Å². The third kappa shape index (κ3) is 4.91. The number of carbonyl (C=O) groups excluding carboxylic acids is 4. The number of nitrogens with one attached hydrogen (secondary N) is 2. The Balaban J connectivity index is 1.76. The normalized spacial score (nSPS) is 20.6. The van der Waals surface area contributed by atoms with Crippen LogP contribution < -0.4 is 10.6 Å². The first-order valence-electron chi connectivity index (χ1n) is 8.79. The van der Waals surface area contributed by atoms with Gasteiger partial charge in [-0.25, -0.2) is 4.98 Å². The van der Waals surface area contributed by atoms with Crippen LogP contribution in [0.2, 0.25) is 0 Å². The molecular weight excluding hydrogens is 507 g/mol. The molecule has 2 atom stereocenters. The summed E-state index contributed by atoms with van der Waals surface area (Å²) in [6.45, 7) is 3.61. The number of fused-ring (bicyclic) bond motifs is 1. The Labute approximate surface area is 197 Å². The Hall–Kier alpha value is -2.85. The zero-order valence-corrected chi connectivity index (χ0v) is 19.0. The highest BCUT2D eigenvalue weighted by atomic mass is 32.2. The van der Waals surface area contributed by atoms with Gasteiger partial charge in [0.15, 0.2) is 10.8 Å². The summed E-state index contributed by atoms with van der Waals surface area (Å²) >= 11 is 5.72. The molecule has 0 aromatic carbocycles. The van der Waals surface area contributed by atoms with Crippen molar-refractivity contribution in [2.24, 2.45) is 5.16 Å². The molecule has 1 saturated heterocycles. The minimum atomic E-state index is -5.12. The highest BCUT2D eigenvalue weighted by Crippen LogP contribution is 2.41. The van der Waals surface area contributed by atoms with Crippen LogP contribution in [0.25, 0.3) is 0 Å². The number of alkyl halides is 3. The number of hydrogen-bond donors (Lipinski definition) is 3. The number of carbonyl (C=O) groups is 4. The van der Waals surface area contributed by atoms with E-state index in [1.807, 2.05) is 0 Å². The number of nitrogens with zero attached hydrogens (tertiary/aromatic N) is 3. The lowest BCUT2D eigenvalue weighted by Gasteiger charge is -2.49. The molecule has 10 nitrogen and oxygen atoms in total. The topological polar surface area (TPSA) is 130 Å². The van der Waals surface area contributed by atoms with Crippen molar-refractivity contribution in [2.45, 2.75) is 17.6 Å². The average Bonchev–Trinajstić information content (AvgIpc) is 3.21. The van der Waals surface area contributed by atoms with Gasteiger partial charge in [0.05, 0.1) is 0 Å². The summed E-state index contributed by atoms with van der Waals surface area (Å²) in [5.74, 6) is -3.33. The van der Waals surface area contributed by atoms with E-state index in [4.69, 9.17) is 0 Å². The molecule has 1 aromatic rings. The smallest absolute Gasteiger partial charge is 0.398 e. The predicted molar refractivity (Wildman–Crippen MR) is 117 cm³/mol. The van der Waals surface area contributed by atoms with Crippen LogP contribution in [0.3, 0.4) is 0 Å². The van der Waals surface area contributed by atoms with Gasteiger partial charge >= 0.3 is 12.1 Å². The Morgan fingerprint density at radius 2 is 2.12 bits per heavy atom. The minimum Gasteiger partial charge on any atom is -0.398 e. The first-order chi connectivity index (χ1) is 15.5. The number of halogens is 3. The zero-order chi connectivity index (χ0) is 24.5. The van der Waals surface area contributed by atoms with Crippen molar-refractivity contribution < 1.29 is 37.2 Å². The number of β-lactam (4-membered cyclic amide) rings is 1. The second-order valence-corrected chi connectivity index (χ2v) is 8.73. The largest absolute Gasteiger partial charge is 0.471 e. The van der Waals surface area contributed by atoms with Crippen LogP contribution in [0.5, 0.6) is 0 Å². The lowest BCUT2D eigenvalue weighted by Crippen LogP contribution is -2.70. The van der Waals surface area contributed by atoms with E-state index in [0.717, 1.165) is 7.11 Å². The lowest BCUT2D eigenvalue weighted by atomic mass is 10.0. The first kappa shape index (κ1) is 24.8. The number of thiol groups is 1. The quantitative estimate of drug-likeness (QED) is 0.213. The molecule has 176 valence electrons. The van der Waals surface area contributed by atoms with Crippen molar-refractivity contribution in [1.82, 2.24) is 15.2 Å². The van der Waals surface area contributed by atoms with Gasteiger partial charge in [0.1, 0.15) is 29.9 Å². The molecule has 3 heterocycles. The summed E-state index contributed by atoms with van der Waals surface area (Å²) in [6, 6.07) is -1.01. The summed E-state index contributed by atoms with van der Waals surface area (Å²) in [5, 5.41) is 7.13. The Kier molecular flexibility index (Phi) is 7.18. The molecule has 1 aromatic heterocycles. The van der Waals surface area contributed by atoms with Crippen LogP contribution in [0.1, 0.15) is 5.69 Å². The molecule has 16 heteroatoms. The summed E-state index contributed by atoms with van der Waals surface area (Å²) in [5.41, 5.74) is 0.00720. The molecule has 0 saturated carbocycles. The van der Waals surface area contributed by atoms with Crippen LogP contribution in [-0.2, 0) is 24.0 Å². The Morgan fingerprint density at radius 1 is 1.42 bits per heavy atom. The number of thioether (sulfide) groups is 1. The van der Waals surface area contributed by atoms with Crippen molar-refractivity contribution >= 4 is 69.4 Å². The Morgan fingerprint density at radius 3 is 2.70 bits per heavy atom. The molecule has 33 heavy (non-hydrogen) atoms. The van der Waals surface area contributed by atoms with Crippen LogP contribution >= 0.6 is 35.7 Å². The third-order valence-electron chi connectivity index (χ3n) is 4.36. The van der Waals surface area contributed by atoms with E-state index in [1.165, 1.54) is 28.1 Å². The van der Waals surface area contributed by atoms with Crippen molar-refractivity contribution in [3.05, 3.63) is 35.0 Å². The predicted octanol–water partition coefficient (Wildman–Crippen LogP) is 1.29. The van der Waals surface area contributed by atoms with Crippen LogP contribution in [-0.4, -0.2) is 68.9 Å². The number of oxime groups is 1. The standard InChI is InChI=1S/C17H14F3N5O5S3/c1-3-6-4-32-13-9(12(27)25(13)10(6)14(28)31)22-11(26)8(24-30-2)7-5-33-16(21-7)23-15(29)17(18,19)20/h3,5,9,13H,1,4H2,2H3,(H,22,26)(H,28,31)(H,21,23,29)/t9?,13-/m1/s1. The average molecular weight is 522 g/mol. The molecule has 1 unspecified atom stereocenters. The van der Waals surface area contributed by atoms with Crippen LogP contribution in [0.4, 0.5) is 18.3 Å². The zero-order valence-electron chi connectivity index (χ0n) is 16.5. The molecular formula is C17H14F3N5O5S3. The first-order valence-corrected chi connectivity index (χ1v) is 11.2. The van der Waals surface area contributed by atoms with Gasteiger partial charge in [0, 0.05) is 11.1 Å².